The first-order valence-corrected chi connectivity index (χ1v) is 25.3. The van der Waals surface area contributed by atoms with E-state index in [1.165, 1.54) is 162 Å². The normalized spacial score (nSPS) is 18.2. The second-order valence-electron chi connectivity index (χ2n) is 15.3. The van der Waals surface area contributed by atoms with E-state index in [9.17, 15) is 10.4 Å². The van der Waals surface area contributed by atoms with Crippen LogP contribution in [0.4, 0.5) is 0 Å². The van der Waals surface area contributed by atoms with Gasteiger partial charge in [0.15, 0.2) is 5.54 Å². The maximum Gasteiger partial charge on any atom is 0.316 e. The van der Waals surface area contributed by atoms with Gasteiger partial charge in [-0.05, 0) is 70.2 Å². The SMILES string of the molecule is CCCCCCCCCCCCSC1=C(SCCCCCCCCCCCC)SC(=C2Sc3ccc(C4=[N+]([O-])C(C)(C)C(C)(C)N4[O])cc3S2)S1. The van der Waals surface area contributed by atoms with Gasteiger partial charge < -0.3 is 5.21 Å². The number of unbranched alkanes of at least 4 members (excludes halogenated alkanes) is 18. The molecule has 0 N–H and O–H groups in total. The van der Waals surface area contributed by atoms with Crippen molar-refractivity contribution >= 4 is 76.4 Å². The summed E-state index contributed by atoms with van der Waals surface area (Å²) in [6, 6.07) is 6.11. The van der Waals surface area contributed by atoms with Gasteiger partial charge in [0.1, 0.15) is 5.54 Å². The Hall–Kier alpha value is 0.0300. The lowest BCUT2D eigenvalue weighted by Gasteiger charge is -2.32. The van der Waals surface area contributed by atoms with Gasteiger partial charge in [-0.15, -0.1) is 23.5 Å². The molecule has 0 atom stereocenters. The molecule has 0 aliphatic carbocycles. The van der Waals surface area contributed by atoms with Crippen molar-refractivity contribution in [3.8, 4) is 0 Å². The molecule has 51 heavy (non-hydrogen) atoms. The number of nitrogens with zero attached hydrogens (tertiary/aromatic N) is 2. The first-order chi connectivity index (χ1) is 24.6. The van der Waals surface area contributed by atoms with Crippen LogP contribution in [-0.2, 0) is 5.21 Å². The second-order valence-corrected chi connectivity index (χ2v) is 22.7. The Bertz CT molecular complexity index is 1300. The molecule has 0 bridgehead atoms. The predicted molar refractivity (Wildman–Crippen MR) is 234 cm³/mol. The van der Waals surface area contributed by atoms with Crippen molar-refractivity contribution in [1.29, 1.82) is 0 Å². The molecule has 0 fully saturated rings. The van der Waals surface area contributed by atoms with Gasteiger partial charge >= 0.3 is 5.84 Å². The van der Waals surface area contributed by atoms with Crippen molar-refractivity contribution in [1.82, 2.24) is 5.06 Å². The smallest absolute Gasteiger partial charge is 0.316 e. The van der Waals surface area contributed by atoms with Crippen molar-refractivity contribution in [2.24, 2.45) is 0 Å². The van der Waals surface area contributed by atoms with Gasteiger partial charge in [0.2, 0.25) is 0 Å². The average Bonchev–Trinajstić information content (AvgIpc) is 3.75. The number of hydrogen-bond donors (Lipinski definition) is 0. The van der Waals surface area contributed by atoms with Crippen molar-refractivity contribution in [2.45, 2.75) is 191 Å². The molecule has 4 rings (SSSR count). The number of rotatable bonds is 25. The number of benzene rings is 1. The van der Waals surface area contributed by atoms with Gasteiger partial charge in [0.25, 0.3) is 0 Å². The van der Waals surface area contributed by atoms with Crippen LogP contribution >= 0.6 is 70.6 Å². The Morgan fingerprint density at radius 3 is 1.45 bits per heavy atom. The molecule has 3 aliphatic rings. The van der Waals surface area contributed by atoms with E-state index in [0.29, 0.717) is 5.56 Å². The molecule has 1 aromatic rings. The van der Waals surface area contributed by atoms with Crippen molar-refractivity contribution in [3.05, 3.63) is 45.9 Å². The van der Waals surface area contributed by atoms with E-state index in [-0.39, 0.29) is 5.84 Å². The highest BCUT2D eigenvalue weighted by molar-refractivity contribution is 8.42. The topological polar surface area (TPSA) is 49.2 Å². The van der Waals surface area contributed by atoms with Crippen molar-refractivity contribution < 1.29 is 9.95 Å². The third kappa shape index (κ3) is 12.5. The van der Waals surface area contributed by atoms with Gasteiger partial charge in [-0.25, -0.2) is 0 Å². The highest BCUT2D eigenvalue weighted by atomic mass is 32.3. The van der Waals surface area contributed by atoms with E-state index in [4.69, 9.17) is 0 Å². The molecule has 4 nitrogen and oxygen atoms in total. The highest BCUT2D eigenvalue weighted by Gasteiger charge is 2.60. The summed E-state index contributed by atoms with van der Waals surface area (Å²) in [5.41, 5.74) is -0.919. The van der Waals surface area contributed by atoms with Crippen LogP contribution in [0.5, 0.6) is 0 Å². The van der Waals surface area contributed by atoms with E-state index in [2.05, 4.69) is 49.5 Å². The predicted octanol–water partition coefficient (Wildman–Crippen LogP) is 15.4. The van der Waals surface area contributed by atoms with Crippen LogP contribution in [0.25, 0.3) is 0 Å². The standard InChI is InChI=1S/C41H65N2O2S6/c1-7-9-11-13-15-17-19-21-23-25-29-46-36-37(47-30-26-24-22-20-18-16-14-12-10-8-2)51-39(50-36)38-48-33-28-27-32(31-34(33)49-38)35-42(44)40(3,4)41(5,6)43(35)45/h27-28,31H,7-26,29-30H2,1-6H3. The lowest BCUT2D eigenvalue weighted by atomic mass is 9.84. The largest absolute Gasteiger partial charge is 0.714 e. The summed E-state index contributed by atoms with van der Waals surface area (Å²) in [5, 5.41) is 27.6. The Balaban J connectivity index is 1.30. The third-order valence-electron chi connectivity index (χ3n) is 10.7. The van der Waals surface area contributed by atoms with Gasteiger partial charge in [0.05, 0.1) is 22.5 Å². The highest BCUT2D eigenvalue weighted by Crippen LogP contribution is 2.64. The minimum Gasteiger partial charge on any atom is -0.714 e. The van der Waals surface area contributed by atoms with Crippen LogP contribution in [0, 0.1) is 5.21 Å². The maximum atomic E-state index is 13.3. The first kappa shape index (κ1) is 43.8. The lowest BCUT2D eigenvalue weighted by Crippen LogP contribution is -2.53. The van der Waals surface area contributed by atoms with Gasteiger partial charge in [0, 0.05) is 15.0 Å². The quantitative estimate of drug-likeness (QED) is 0.0550. The summed E-state index contributed by atoms with van der Waals surface area (Å²) in [5.74, 6) is 2.63. The fraction of sp³-hybridized carbons (Fsp3) is 0.732. The molecule has 0 unspecified atom stereocenters. The van der Waals surface area contributed by atoms with E-state index >= 15 is 0 Å². The monoisotopic (exact) mass is 809 g/mol. The van der Waals surface area contributed by atoms with Crippen LogP contribution in [0.2, 0.25) is 0 Å². The van der Waals surface area contributed by atoms with Crippen molar-refractivity contribution in [2.75, 3.05) is 11.5 Å². The van der Waals surface area contributed by atoms with Crippen LogP contribution < -0.4 is 0 Å². The Labute approximate surface area is 337 Å². The lowest BCUT2D eigenvalue weighted by molar-refractivity contribution is -0.539. The Morgan fingerprint density at radius 2 is 1.02 bits per heavy atom. The van der Waals surface area contributed by atoms with Gasteiger partial charge in [-0.1, -0.05) is 182 Å². The third-order valence-corrected chi connectivity index (χ3v) is 19.4. The summed E-state index contributed by atoms with van der Waals surface area (Å²) in [6.45, 7) is 12.0. The molecule has 1 radical (unpaired) electrons. The van der Waals surface area contributed by atoms with Crippen LogP contribution in [0.1, 0.15) is 176 Å². The zero-order valence-electron chi connectivity index (χ0n) is 32.4. The van der Waals surface area contributed by atoms with Crippen LogP contribution in [0.15, 0.2) is 44.9 Å². The fourth-order valence-electron chi connectivity index (χ4n) is 6.50. The molecule has 0 aromatic heterocycles. The summed E-state index contributed by atoms with van der Waals surface area (Å²) >= 11 is 11.8. The number of thioether (sulfide) groups is 6. The maximum absolute atomic E-state index is 13.3. The zero-order chi connectivity index (χ0) is 36.7. The molecule has 0 amide bonds. The molecule has 1 aromatic carbocycles. The molecule has 3 aliphatic heterocycles. The molecule has 0 spiro atoms. The average molecular weight is 810 g/mol. The molecule has 10 heteroatoms. The summed E-state index contributed by atoms with van der Waals surface area (Å²) in [4.78, 5) is 2.36. The zero-order valence-corrected chi connectivity index (χ0v) is 37.3. The minimum atomic E-state index is -0.815. The van der Waals surface area contributed by atoms with E-state index in [1.54, 1.807) is 11.8 Å². The molecule has 287 valence electrons. The number of fused-ring (bicyclic) bond motifs is 1. The molecular formula is C41H65N2O2S6. The van der Waals surface area contributed by atoms with Gasteiger partial charge in [-0.3, -0.25) is 4.74 Å². The second kappa shape index (κ2) is 22.6. The Kier molecular flexibility index (Phi) is 19.3. The van der Waals surface area contributed by atoms with Gasteiger partial charge in [-0.2, -0.15) is 0 Å². The number of amidine groups is 1. The molecule has 0 saturated carbocycles. The van der Waals surface area contributed by atoms with Crippen LogP contribution in [0.3, 0.4) is 0 Å². The molecule has 0 saturated heterocycles. The van der Waals surface area contributed by atoms with Crippen LogP contribution in [-0.4, -0.2) is 38.2 Å². The van der Waals surface area contributed by atoms with E-state index in [1.807, 2.05) is 69.0 Å². The summed E-state index contributed by atoms with van der Waals surface area (Å²) in [7, 11) is 0. The fourth-order valence-corrected chi connectivity index (χ4v) is 15.3. The molecule has 3 heterocycles. The minimum absolute atomic E-state index is 0.224. The number of hydrogen-bond acceptors (Lipinski definition) is 8. The summed E-state index contributed by atoms with van der Waals surface area (Å²) < 4.78 is 6.66. The number of hydroxylamine groups is 3. The van der Waals surface area contributed by atoms with E-state index in [0.717, 1.165) is 14.7 Å². The van der Waals surface area contributed by atoms with E-state index < -0.39 is 11.1 Å². The molecular weight excluding hydrogens is 745 g/mol. The Morgan fingerprint density at radius 1 is 0.608 bits per heavy atom. The van der Waals surface area contributed by atoms with Crippen molar-refractivity contribution in [3.63, 3.8) is 0 Å². The first-order valence-electron chi connectivity index (χ1n) is 20.0. The summed E-state index contributed by atoms with van der Waals surface area (Å²) in [6.07, 6.45) is 27.6.